The lowest BCUT2D eigenvalue weighted by Gasteiger charge is -2.29. The molecule has 0 bridgehead atoms. The van der Waals surface area contributed by atoms with Crippen LogP contribution in [0.25, 0.3) is 11.1 Å². The molecular weight excluding hydrogens is 454 g/mol. The summed E-state index contributed by atoms with van der Waals surface area (Å²) in [4.78, 5) is 13.1. The van der Waals surface area contributed by atoms with Gasteiger partial charge in [0.15, 0.2) is 0 Å². The molecule has 5 rings (SSSR count). The highest BCUT2D eigenvalue weighted by Crippen LogP contribution is 2.31. The van der Waals surface area contributed by atoms with Crippen LogP contribution in [0.1, 0.15) is 0 Å². The summed E-state index contributed by atoms with van der Waals surface area (Å²) in [6.07, 6.45) is 2.84. The monoisotopic (exact) mass is 478 g/mol. The molecule has 0 aliphatic carbocycles. The van der Waals surface area contributed by atoms with Crippen molar-refractivity contribution in [2.24, 2.45) is 0 Å². The molecule has 8 nitrogen and oxygen atoms in total. The minimum Gasteiger partial charge on any atom is -0.442 e. The fraction of sp³-hybridized carbons (Fsp3) is 0.318. The third-order valence-corrected chi connectivity index (χ3v) is 5.73. The summed E-state index contributed by atoms with van der Waals surface area (Å²) in [6, 6.07) is 9.67. The summed E-state index contributed by atoms with van der Waals surface area (Å²) in [7, 11) is 0. The summed E-state index contributed by atoms with van der Waals surface area (Å²) in [5, 5.41) is 9.26. The van der Waals surface area contributed by atoms with E-state index in [4.69, 9.17) is 4.74 Å². The minimum absolute atomic E-state index is 0. The van der Waals surface area contributed by atoms with Gasteiger partial charge >= 0.3 is 6.09 Å². The van der Waals surface area contributed by atoms with E-state index in [-0.39, 0.29) is 24.3 Å². The molecule has 33 heavy (non-hydrogen) atoms. The number of alkyl carbamates (subject to hydrolysis) is 1. The first kappa shape index (κ1) is 23.1. The molecule has 2 fully saturated rings. The SMILES string of the molecule is Cl.O=C1NC[C@H](CN2C=CN(c3ccc(-c4ccc(N5CCNCC5)c(F)c4)c(F)c3)N2)O1. The topological polar surface area (TPSA) is 72.1 Å². The molecule has 0 spiro atoms. The van der Waals surface area contributed by atoms with Crippen molar-refractivity contribution in [2.45, 2.75) is 6.10 Å². The van der Waals surface area contributed by atoms with Crippen LogP contribution in [0.15, 0.2) is 48.8 Å². The fourth-order valence-electron chi connectivity index (χ4n) is 4.08. The van der Waals surface area contributed by atoms with Gasteiger partial charge in [-0.15, -0.1) is 17.9 Å². The second kappa shape index (κ2) is 9.82. The lowest BCUT2D eigenvalue weighted by Crippen LogP contribution is -2.43. The molecule has 2 aromatic carbocycles. The molecule has 0 unspecified atom stereocenters. The Morgan fingerprint density at radius 2 is 1.85 bits per heavy atom. The van der Waals surface area contributed by atoms with Crippen molar-refractivity contribution in [3.8, 4) is 11.1 Å². The number of piperazine rings is 1. The first-order valence-electron chi connectivity index (χ1n) is 10.6. The fourth-order valence-corrected chi connectivity index (χ4v) is 4.08. The predicted octanol–water partition coefficient (Wildman–Crippen LogP) is 2.58. The Balaban J connectivity index is 0.00000259. The van der Waals surface area contributed by atoms with E-state index in [1.807, 2.05) is 4.90 Å². The van der Waals surface area contributed by atoms with Crippen molar-refractivity contribution in [2.75, 3.05) is 49.2 Å². The van der Waals surface area contributed by atoms with E-state index in [1.165, 1.54) is 12.1 Å². The maximum absolute atomic E-state index is 14.9. The molecule has 0 saturated carbocycles. The number of hydrazine groups is 2. The van der Waals surface area contributed by atoms with E-state index in [9.17, 15) is 13.6 Å². The second-order valence-corrected chi connectivity index (χ2v) is 7.90. The summed E-state index contributed by atoms with van der Waals surface area (Å²) >= 11 is 0. The molecular formula is C22H25ClF2N6O2. The largest absolute Gasteiger partial charge is 0.442 e. The van der Waals surface area contributed by atoms with E-state index in [0.717, 1.165) is 26.2 Å². The van der Waals surface area contributed by atoms with Gasteiger partial charge in [-0.2, -0.15) is 0 Å². The van der Waals surface area contributed by atoms with Gasteiger partial charge in [-0.05, 0) is 35.9 Å². The number of anilines is 2. The Labute approximate surface area is 196 Å². The summed E-state index contributed by atoms with van der Waals surface area (Å²) in [6.45, 7) is 4.01. The van der Waals surface area contributed by atoms with Crippen LogP contribution < -0.4 is 26.1 Å². The molecule has 2 aromatic rings. The molecule has 3 aliphatic rings. The lowest BCUT2D eigenvalue weighted by molar-refractivity contribution is 0.112. The van der Waals surface area contributed by atoms with Crippen LogP contribution in [0, 0.1) is 11.6 Å². The third kappa shape index (κ3) is 4.97. The Kier molecular flexibility index (Phi) is 6.87. The number of amides is 1. The van der Waals surface area contributed by atoms with Gasteiger partial charge in [0.05, 0.1) is 24.5 Å². The van der Waals surface area contributed by atoms with Crippen LogP contribution in [0.2, 0.25) is 0 Å². The van der Waals surface area contributed by atoms with Crippen molar-refractivity contribution in [3.63, 3.8) is 0 Å². The van der Waals surface area contributed by atoms with Crippen molar-refractivity contribution in [1.82, 2.24) is 21.2 Å². The normalized spacial score (nSPS) is 20.0. The van der Waals surface area contributed by atoms with Crippen LogP contribution >= 0.6 is 12.4 Å². The molecule has 2 saturated heterocycles. The van der Waals surface area contributed by atoms with E-state index in [0.29, 0.717) is 35.6 Å². The molecule has 3 aliphatic heterocycles. The van der Waals surface area contributed by atoms with Crippen molar-refractivity contribution in [3.05, 3.63) is 60.4 Å². The molecule has 1 amide bonds. The standard InChI is InChI=1S/C22H24F2N6O2.ClH/c23-19-12-16(30-10-9-29(27-30)14-17-13-26-22(31)32-17)2-3-18(19)15-1-4-21(20(24)11-15)28-7-5-25-6-8-28;/h1-4,9-12,17,25,27H,5-8,13-14H2,(H,26,31);1H/t17-;/m1./s1. The number of halogens is 3. The highest BCUT2D eigenvalue weighted by atomic mass is 35.5. The number of carbonyl (C=O) groups is 1. The van der Waals surface area contributed by atoms with Crippen LogP contribution in [0.5, 0.6) is 0 Å². The number of nitrogens with zero attached hydrogens (tertiary/aromatic N) is 3. The van der Waals surface area contributed by atoms with Gasteiger partial charge in [-0.1, -0.05) is 6.07 Å². The van der Waals surface area contributed by atoms with Gasteiger partial charge in [0.25, 0.3) is 0 Å². The van der Waals surface area contributed by atoms with Gasteiger partial charge in [0.1, 0.15) is 17.7 Å². The first-order chi connectivity index (χ1) is 15.6. The number of carbonyl (C=O) groups excluding carboxylic acids is 1. The third-order valence-electron chi connectivity index (χ3n) is 5.73. The van der Waals surface area contributed by atoms with E-state index >= 15 is 0 Å². The van der Waals surface area contributed by atoms with E-state index in [1.54, 1.807) is 46.7 Å². The highest BCUT2D eigenvalue weighted by Gasteiger charge is 2.26. The van der Waals surface area contributed by atoms with Crippen molar-refractivity contribution in [1.29, 1.82) is 0 Å². The summed E-state index contributed by atoms with van der Waals surface area (Å²) in [5.74, 6) is -0.797. The minimum atomic E-state index is -0.445. The Bertz CT molecular complexity index is 1050. The molecule has 3 N–H and O–H groups in total. The molecule has 0 radical (unpaired) electrons. The number of benzene rings is 2. The number of nitrogens with one attached hydrogen (secondary N) is 3. The van der Waals surface area contributed by atoms with Crippen molar-refractivity contribution >= 4 is 29.9 Å². The molecule has 0 aromatic heterocycles. The lowest BCUT2D eigenvalue weighted by atomic mass is 10.0. The van der Waals surface area contributed by atoms with Crippen LogP contribution in [0.3, 0.4) is 0 Å². The molecule has 176 valence electrons. The first-order valence-corrected chi connectivity index (χ1v) is 10.6. The zero-order chi connectivity index (χ0) is 22.1. The van der Waals surface area contributed by atoms with Gasteiger partial charge in [0.2, 0.25) is 0 Å². The van der Waals surface area contributed by atoms with Gasteiger partial charge in [-0.25, -0.2) is 13.6 Å². The van der Waals surface area contributed by atoms with Crippen LogP contribution in [-0.2, 0) is 4.74 Å². The quantitative estimate of drug-likeness (QED) is 0.610. The second-order valence-electron chi connectivity index (χ2n) is 7.90. The van der Waals surface area contributed by atoms with Gasteiger partial charge < -0.3 is 20.3 Å². The molecule has 1 atom stereocenters. The van der Waals surface area contributed by atoms with E-state index in [2.05, 4.69) is 16.2 Å². The van der Waals surface area contributed by atoms with Crippen LogP contribution in [0.4, 0.5) is 25.0 Å². The highest BCUT2D eigenvalue weighted by molar-refractivity contribution is 5.85. The average Bonchev–Trinajstić information content (AvgIpc) is 3.43. The van der Waals surface area contributed by atoms with E-state index < -0.39 is 11.9 Å². The predicted molar refractivity (Wildman–Crippen MR) is 124 cm³/mol. The van der Waals surface area contributed by atoms with Gasteiger partial charge in [0, 0.05) is 44.1 Å². The summed E-state index contributed by atoms with van der Waals surface area (Å²) in [5.41, 5.74) is 5.05. The maximum atomic E-state index is 14.9. The number of rotatable bonds is 5. The van der Waals surface area contributed by atoms with Crippen molar-refractivity contribution < 1.29 is 18.3 Å². The zero-order valence-corrected chi connectivity index (χ0v) is 18.6. The smallest absolute Gasteiger partial charge is 0.407 e. The number of hydrogen-bond acceptors (Lipinski definition) is 7. The Hall–Kier alpha value is -3.08. The number of hydrogen-bond donors (Lipinski definition) is 3. The maximum Gasteiger partial charge on any atom is 0.407 e. The molecule has 11 heteroatoms. The van der Waals surface area contributed by atoms with Crippen LogP contribution in [-0.4, -0.2) is 56.5 Å². The Morgan fingerprint density at radius 1 is 1.03 bits per heavy atom. The molecule has 3 heterocycles. The van der Waals surface area contributed by atoms with Gasteiger partial charge in [-0.3, -0.25) is 10.0 Å². The Morgan fingerprint density at radius 3 is 2.55 bits per heavy atom. The summed E-state index contributed by atoms with van der Waals surface area (Å²) < 4.78 is 34.8. The zero-order valence-electron chi connectivity index (χ0n) is 17.8. The number of ether oxygens (including phenoxy) is 1. The average molecular weight is 479 g/mol. The number of cyclic esters (lactones) is 1.